The van der Waals surface area contributed by atoms with Crippen LogP contribution in [0.5, 0.6) is 11.5 Å². The average molecular weight is 538 g/mol. The molecule has 0 unspecified atom stereocenters. The van der Waals surface area contributed by atoms with E-state index in [4.69, 9.17) is 14.6 Å². The van der Waals surface area contributed by atoms with E-state index >= 15 is 0 Å². The Hall–Kier alpha value is -2.53. The van der Waals surface area contributed by atoms with Crippen molar-refractivity contribution in [2.75, 3.05) is 13.7 Å². The fourth-order valence-electron chi connectivity index (χ4n) is 2.65. The summed E-state index contributed by atoms with van der Waals surface area (Å²) in [6.07, 6.45) is 2.69. The Morgan fingerprint density at radius 3 is 2.67 bits per heavy atom. The van der Waals surface area contributed by atoms with Crippen LogP contribution in [0.25, 0.3) is 6.08 Å². The van der Waals surface area contributed by atoms with Crippen LogP contribution < -0.4 is 14.8 Å². The van der Waals surface area contributed by atoms with Crippen molar-refractivity contribution in [2.24, 2.45) is 4.99 Å². The van der Waals surface area contributed by atoms with Gasteiger partial charge in [-0.15, -0.1) is 0 Å². The van der Waals surface area contributed by atoms with Crippen molar-refractivity contribution < 1.29 is 24.2 Å². The van der Waals surface area contributed by atoms with Crippen LogP contribution in [0, 0.1) is 3.57 Å². The first-order valence-electron chi connectivity index (χ1n) is 9.00. The number of aliphatic carboxylic acids is 1. The van der Waals surface area contributed by atoms with Crippen LogP contribution in [-0.4, -0.2) is 35.9 Å². The van der Waals surface area contributed by atoms with Gasteiger partial charge in [-0.1, -0.05) is 19.1 Å². The third-order valence-corrected chi connectivity index (χ3v) is 5.83. The van der Waals surface area contributed by atoms with Gasteiger partial charge >= 0.3 is 5.97 Å². The van der Waals surface area contributed by atoms with E-state index in [1.165, 1.54) is 24.4 Å². The Morgan fingerprint density at radius 2 is 2.03 bits per heavy atom. The van der Waals surface area contributed by atoms with Crippen LogP contribution in [0.1, 0.15) is 18.1 Å². The van der Waals surface area contributed by atoms with Crippen molar-refractivity contribution in [1.82, 2.24) is 5.32 Å². The molecular formula is C21H19IN2O5S. The maximum absolute atomic E-state index is 12.4. The van der Waals surface area contributed by atoms with Gasteiger partial charge < -0.3 is 19.9 Å². The smallest absolute Gasteiger partial charge is 0.341 e. The van der Waals surface area contributed by atoms with E-state index in [0.717, 1.165) is 17.7 Å². The number of carboxylic acids is 1. The van der Waals surface area contributed by atoms with Gasteiger partial charge in [-0.2, -0.15) is 0 Å². The van der Waals surface area contributed by atoms with Crippen molar-refractivity contribution in [3.8, 4) is 11.5 Å². The molecule has 1 fully saturated rings. The van der Waals surface area contributed by atoms with Gasteiger partial charge in [-0.25, -0.2) is 9.79 Å². The first-order chi connectivity index (χ1) is 14.4. The maximum Gasteiger partial charge on any atom is 0.341 e. The highest BCUT2D eigenvalue weighted by Gasteiger charge is 2.24. The lowest BCUT2D eigenvalue weighted by molar-refractivity contribution is -0.139. The molecule has 1 aliphatic heterocycles. The number of amidine groups is 1. The van der Waals surface area contributed by atoms with E-state index in [9.17, 15) is 9.59 Å². The number of aliphatic imine (C=N–C) groups is 1. The molecule has 1 saturated heterocycles. The van der Waals surface area contributed by atoms with Crippen molar-refractivity contribution in [2.45, 2.75) is 13.3 Å². The van der Waals surface area contributed by atoms with Gasteiger partial charge in [0.2, 0.25) is 0 Å². The number of nitrogens with zero attached hydrogens (tertiary/aromatic N) is 1. The molecule has 1 aliphatic rings. The maximum atomic E-state index is 12.4. The Morgan fingerprint density at radius 1 is 1.30 bits per heavy atom. The topological polar surface area (TPSA) is 97.2 Å². The normalized spacial score (nSPS) is 16.0. The van der Waals surface area contributed by atoms with E-state index in [1.807, 2.05) is 46.9 Å². The van der Waals surface area contributed by atoms with Gasteiger partial charge in [0.25, 0.3) is 5.91 Å². The summed E-state index contributed by atoms with van der Waals surface area (Å²) >= 11 is 3.29. The molecule has 30 heavy (non-hydrogen) atoms. The minimum atomic E-state index is -1.07. The highest BCUT2D eigenvalue weighted by atomic mass is 127. The van der Waals surface area contributed by atoms with Gasteiger partial charge in [0.05, 0.1) is 21.3 Å². The minimum Gasteiger partial charge on any atom is -0.493 e. The largest absolute Gasteiger partial charge is 0.493 e. The molecule has 0 saturated carbocycles. The summed E-state index contributed by atoms with van der Waals surface area (Å²) in [4.78, 5) is 28.1. The van der Waals surface area contributed by atoms with Gasteiger partial charge in [0, 0.05) is 0 Å². The molecule has 0 bridgehead atoms. The predicted octanol–water partition coefficient (Wildman–Crippen LogP) is 4.22. The lowest BCUT2D eigenvalue weighted by Gasteiger charge is -2.12. The van der Waals surface area contributed by atoms with Crippen LogP contribution in [0.4, 0.5) is 5.69 Å². The molecule has 0 aromatic heterocycles. The molecule has 2 N–H and O–H groups in total. The molecule has 0 atom stereocenters. The molecule has 156 valence electrons. The SMILES string of the molecule is CCc1ccc(N=C2NC(=O)C(=Cc3cc(I)c(OCC(=O)O)c(OC)c3)S2)cc1. The first kappa shape index (κ1) is 22.2. The van der Waals surface area contributed by atoms with Crippen molar-refractivity contribution in [1.29, 1.82) is 0 Å². The number of nitrogens with one attached hydrogen (secondary N) is 1. The summed E-state index contributed by atoms with van der Waals surface area (Å²) in [6, 6.07) is 11.4. The zero-order chi connectivity index (χ0) is 21.7. The standard InChI is InChI=1S/C21H19IN2O5S/c1-3-12-4-6-14(7-5-12)23-21-24-20(27)17(30-21)10-13-8-15(22)19(16(9-13)28-2)29-11-18(25)26/h4-10H,3,11H2,1-2H3,(H,25,26)(H,23,24,27). The zero-order valence-corrected chi connectivity index (χ0v) is 19.2. The van der Waals surface area contributed by atoms with Gasteiger partial charge in [0.15, 0.2) is 23.3 Å². The second-order valence-corrected chi connectivity index (χ2v) is 8.41. The van der Waals surface area contributed by atoms with Crippen molar-refractivity contribution in [3.05, 3.63) is 56.0 Å². The monoisotopic (exact) mass is 538 g/mol. The van der Waals surface area contributed by atoms with Crippen LogP contribution in [0.15, 0.2) is 46.3 Å². The number of thioether (sulfide) groups is 1. The van der Waals surface area contributed by atoms with Crippen molar-refractivity contribution in [3.63, 3.8) is 0 Å². The minimum absolute atomic E-state index is 0.232. The number of amides is 1. The Bertz CT molecular complexity index is 1030. The number of halogens is 1. The van der Waals surface area contributed by atoms with Crippen LogP contribution in [-0.2, 0) is 16.0 Å². The number of aryl methyl sites for hydroxylation is 1. The summed E-state index contributed by atoms with van der Waals surface area (Å²) < 4.78 is 11.3. The second kappa shape index (κ2) is 9.98. The molecule has 7 nitrogen and oxygen atoms in total. The molecule has 1 amide bonds. The molecule has 9 heteroatoms. The first-order valence-corrected chi connectivity index (χ1v) is 10.9. The summed E-state index contributed by atoms with van der Waals surface area (Å²) in [5, 5.41) is 12.1. The molecule has 3 rings (SSSR count). The predicted molar refractivity (Wildman–Crippen MR) is 125 cm³/mol. The van der Waals surface area contributed by atoms with Gasteiger partial charge in [-0.3, -0.25) is 4.79 Å². The number of ether oxygens (including phenoxy) is 2. The number of benzene rings is 2. The zero-order valence-electron chi connectivity index (χ0n) is 16.3. The fourth-order valence-corrected chi connectivity index (χ4v) is 4.28. The van der Waals surface area contributed by atoms with Crippen LogP contribution >= 0.6 is 34.4 Å². The number of rotatable bonds is 7. The lowest BCUT2D eigenvalue weighted by Crippen LogP contribution is -2.19. The second-order valence-electron chi connectivity index (χ2n) is 6.22. The van der Waals surface area contributed by atoms with E-state index < -0.39 is 12.6 Å². The summed E-state index contributed by atoms with van der Waals surface area (Å²) in [5.41, 5.74) is 2.72. The van der Waals surface area contributed by atoms with Crippen LogP contribution in [0.2, 0.25) is 0 Å². The fraction of sp³-hybridized carbons (Fsp3) is 0.190. The molecule has 1 heterocycles. The average Bonchev–Trinajstić information content (AvgIpc) is 3.05. The number of hydrogen-bond acceptors (Lipinski definition) is 6. The van der Waals surface area contributed by atoms with Gasteiger partial charge in [0.1, 0.15) is 0 Å². The van der Waals surface area contributed by atoms with Gasteiger partial charge in [-0.05, 0) is 82.2 Å². The number of carbonyl (C=O) groups excluding carboxylic acids is 1. The third-order valence-electron chi connectivity index (χ3n) is 4.12. The summed E-state index contributed by atoms with van der Waals surface area (Å²) in [5.74, 6) is -0.564. The molecule has 0 radical (unpaired) electrons. The Balaban J connectivity index is 1.82. The van der Waals surface area contributed by atoms with E-state index in [1.54, 1.807) is 18.2 Å². The third kappa shape index (κ3) is 5.54. The Labute approximate surface area is 191 Å². The molecular weight excluding hydrogens is 519 g/mol. The van der Waals surface area contributed by atoms with Crippen LogP contribution in [0.3, 0.4) is 0 Å². The number of methoxy groups -OCH3 is 1. The van der Waals surface area contributed by atoms with E-state index in [0.29, 0.717) is 25.1 Å². The summed E-state index contributed by atoms with van der Waals surface area (Å²) in [6.45, 7) is 1.62. The van der Waals surface area contributed by atoms with Crippen molar-refractivity contribution >= 4 is 63.2 Å². The lowest BCUT2D eigenvalue weighted by atomic mass is 10.2. The number of carbonyl (C=O) groups is 2. The molecule has 2 aromatic carbocycles. The Kier molecular flexibility index (Phi) is 7.38. The summed E-state index contributed by atoms with van der Waals surface area (Å²) in [7, 11) is 1.47. The number of hydrogen-bond donors (Lipinski definition) is 2. The highest BCUT2D eigenvalue weighted by Crippen LogP contribution is 2.36. The van der Waals surface area contributed by atoms with E-state index in [2.05, 4.69) is 17.2 Å². The highest BCUT2D eigenvalue weighted by molar-refractivity contribution is 14.1. The van der Waals surface area contributed by atoms with E-state index in [-0.39, 0.29) is 5.91 Å². The molecule has 0 spiro atoms. The molecule has 2 aromatic rings. The molecule has 0 aliphatic carbocycles. The number of carboxylic acid groups (broad SMARTS) is 1. The quantitative estimate of drug-likeness (QED) is 0.405.